The van der Waals surface area contributed by atoms with Gasteiger partial charge < -0.3 is 0 Å². The molecule has 0 radical (unpaired) electrons. The number of non-ortho nitro benzene ring substituents is 1. The molecule has 0 N–H and O–H groups in total. The predicted molar refractivity (Wildman–Crippen MR) is 77.0 cm³/mol. The lowest BCUT2D eigenvalue weighted by Gasteiger charge is -2.04. The van der Waals surface area contributed by atoms with E-state index in [1.54, 1.807) is 12.1 Å². The maximum absolute atomic E-state index is 10.8. The van der Waals surface area contributed by atoms with Crippen LogP contribution in [-0.4, -0.2) is 4.92 Å². The van der Waals surface area contributed by atoms with Gasteiger partial charge in [-0.25, -0.2) is 0 Å². The third-order valence-corrected chi connectivity index (χ3v) is 4.58. The minimum absolute atomic E-state index is 0.0138. The number of fused-ring (bicyclic) bond motifs is 3. The first-order valence-corrected chi connectivity index (χ1v) is 7.01. The topological polar surface area (TPSA) is 43.1 Å². The van der Waals surface area contributed by atoms with E-state index in [0.29, 0.717) is 0 Å². The summed E-state index contributed by atoms with van der Waals surface area (Å²) in [6, 6.07) is 11.1. The second-order valence-electron chi connectivity index (χ2n) is 4.12. The van der Waals surface area contributed by atoms with Crippen LogP contribution in [0.1, 0.15) is 16.0 Å². The molecule has 0 saturated heterocycles. The summed E-state index contributed by atoms with van der Waals surface area (Å²) in [4.78, 5) is 10.5. The van der Waals surface area contributed by atoms with E-state index < -0.39 is 0 Å². The summed E-state index contributed by atoms with van der Waals surface area (Å²) in [5, 5.41) is 10.8. The summed E-state index contributed by atoms with van der Waals surface area (Å²) in [5.74, 6) is 0. The number of nitro groups is 1. The van der Waals surface area contributed by atoms with Crippen LogP contribution in [0.25, 0.3) is 11.1 Å². The summed E-state index contributed by atoms with van der Waals surface area (Å²) < 4.78 is 1.01. The summed E-state index contributed by atoms with van der Waals surface area (Å²) >= 11 is 7.06. The highest BCUT2D eigenvalue weighted by molar-refractivity contribution is 9.10. The van der Waals surface area contributed by atoms with Crippen LogP contribution >= 0.6 is 31.9 Å². The molecule has 3 rings (SSSR count). The lowest BCUT2D eigenvalue weighted by molar-refractivity contribution is -0.384. The monoisotopic (exact) mass is 367 g/mol. The van der Waals surface area contributed by atoms with Crippen molar-refractivity contribution in [1.82, 2.24) is 0 Å². The van der Waals surface area contributed by atoms with Crippen molar-refractivity contribution in [2.45, 2.75) is 4.83 Å². The zero-order chi connectivity index (χ0) is 12.9. The second kappa shape index (κ2) is 4.17. The molecular weight excluding hydrogens is 362 g/mol. The first-order chi connectivity index (χ1) is 8.58. The molecule has 0 fully saturated rings. The Labute approximate surface area is 120 Å². The van der Waals surface area contributed by atoms with Crippen molar-refractivity contribution >= 4 is 37.5 Å². The van der Waals surface area contributed by atoms with Crippen molar-refractivity contribution in [2.75, 3.05) is 0 Å². The summed E-state index contributed by atoms with van der Waals surface area (Å²) in [7, 11) is 0. The van der Waals surface area contributed by atoms with Crippen LogP contribution in [0.2, 0.25) is 0 Å². The van der Waals surface area contributed by atoms with Crippen LogP contribution < -0.4 is 0 Å². The van der Waals surface area contributed by atoms with Crippen molar-refractivity contribution in [2.24, 2.45) is 0 Å². The number of alkyl halides is 1. The first kappa shape index (κ1) is 11.9. The lowest BCUT2D eigenvalue weighted by Crippen LogP contribution is -1.91. The smallest absolute Gasteiger partial charge is 0.258 e. The van der Waals surface area contributed by atoms with E-state index in [9.17, 15) is 10.1 Å². The van der Waals surface area contributed by atoms with Crippen LogP contribution in [0, 0.1) is 10.1 Å². The number of nitrogens with zero attached hydrogens (tertiary/aromatic N) is 1. The van der Waals surface area contributed by atoms with Crippen LogP contribution in [0.5, 0.6) is 0 Å². The molecule has 0 heterocycles. The Morgan fingerprint density at radius 1 is 1.06 bits per heavy atom. The molecule has 1 aliphatic carbocycles. The zero-order valence-electron chi connectivity index (χ0n) is 9.06. The van der Waals surface area contributed by atoms with Gasteiger partial charge in [0.1, 0.15) is 0 Å². The van der Waals surface area contributed by atoms with Crippen molar-refractivity contribution in [3.05, 3.63) is 62.1 Å². The van der Waals surface area contributed by atoms with Crippen LogP contribution in [-0.2, 0) is 0 Å². The number of rotatable bonds is 1. The highest BCUT2D eigenvalue weighted by atomic mass is 79.9. The lowest BCUT2D eigenvalue weighted by atomic mass is 10.1. The summed E-state index contributed by atoms with van der Waals surface area (Å²) in [6.45, 7) is 0. The Morgan fingerprint density at radius 3 is 2.33 bits per heavy atom. The van der Waals surface area contributed by atoms with Crippen molar-refractivity contribution < 1.29 is 4.92 Å². The molecule has 0 bridgehead atoms. The second-order valence-corrected chi connectivity index (χ2v) is 5.95. The van der Waals surface area contributed by atoms with Gasteiger partial charge >= 0.3 is 0 Å². The van der Waals surface area contributed by atoms with Crippen molar-refractivity contribution in [1.29, 1.82) is 0 Å². The maximum Gasteiger partial charge on any atom is 0.269 e. The number of hydrogen-bond donors (Lipinski definition) is 0. The minimum Gasteiger partial charge on any atom is -0.258 e. The van der Waals surface area contributed by atoms with Gasteiger partial charge in [-0.3, -0.25) is 10.1 Å². The Bertz CT molecular complexity index is 670. The van der Waals surface area contributed by atoms with Gasteiger partial charge in [-0.05, 0) is 40.5 Å². The highest BCUT2D eigenvalue weighted by Gasteiger charge is 2.28. The van der Waals surface area contributed by atoms with E-state index in [1.807, 2.05) is 24.3 Å². The molecule has 2 aromatic rings. The number of hydrogen-bond acceptors (Lipinski definition) is 2. The summed E-state index contributed by atoms with van der Waals surface area (Å²) in [6.07, 6.45) is 0. The number of benzene rings is 2. The van der Waals surface area contributed by atoms with E-state index in [1.165, 1.54) is 0 Å². The molecule has 18 heavy (non-hydrogen) atoms. The van der Waals surface area contributed by atoms with Gasteiger partial charge in [0.2, 0.25) is 0 Å². The van der Waals surface area contributed by atoms with Gasteiger partial charge in [0.15, 0.2) is 0 Å². The molecule has 0 saturated carbocycles. The fraction of sp³-hybridized carbons (Fsp3) is 0.0769. The number of nitro benzene ring substituents is 1. The quantitative estimate of drug-likeness (QED) is 0.411. The molecule has 0 aromatic heterocycles. The standard InChI is InChI=1S/C13H7Br2NO2/c14-7-1-3-9-10-4-2-8(16(17)18)6-12(10)13(15)11(9)5-7/h1-6,13H. The van der Waals surface area contributed by atoms with E-state index in [2.05, 4.69) is 31.9 Å². The summed E-state index contributed by atoms with van der Waals surface area (Å²) in [5.41, 5.74) is 4.41. The molecular formula is C13H7Br2NO2. The van der Waals surface area contributed by atoms with Crippen molar-refractivity contribution in [3.8, 4) is 11.1 Å². The average Bonchev–Trinajstić information content (AvgIpc) is 2.62. The Hall–Kier alpha value is -1.20. The number of halogens is 2. The van der Waals surface area contributed by atoms with Crippen LogP contribution in [0.3, 0.4) is 0 Å². The molecule has 0 amide bonds. The van der Waals surface area contributed by atoms with E-state index in [4.69, 9.17) is 0 Å². The highest BCUT2D eigenvalue weighted by Crippen LogP contribution is 2.49. The Kier molecular flexibility index (Phi) is 2.75. The zero-order valence-corrected chi connectivity index (χ0v) is 12.2. The molecule has 1 atom stereocenters. The largest absolute Gasteiger partial charge is 0.269 e. The minimum atomic E-state index is -0.362. The predicted octanol–water partition coefficient (Wildman–Crippen LogP) is 4.82. The van der Waals surface area contributed by atoms with E-state index in [0.717, 1.165) is 26.7 Å². The van der Waals surface area contributed by atoms with Gasteiger partial charge in [-0.15, -0.1) is 0 Å². The van der Waals surface area contributed by atoms with Gasteiger partial charge in [-0.1, -0.05) is 37.9 Å². The Morgan fingerprint density at radius 2 is 1.67 bits per heavy atom. The van der Waals surface area contributed by atoms with E-state index in [-0.39, 0.29) is 15.4 Å². The Balaban J connectivity index is 2.23. The molecule has 0 aliphatic heterocycles. The normalized spacial score (nSPS) is 16.2. The van der Waals surface area contributed by atoms with Gasteiger partial charge in [0.05, 0.1) is 9.75 Å². The fourth-order valence-corrected chi connectivity index (χ4v) is 3.41. The van der Waals surface area contributed by atoms with E-state index >= 15 is 0 Å². The first-order valence-electron chi connectivity index (χ1n) is 5.30. The van der Waals surface area contributed by atoms with Gasteiger partial charge in [-0.2, -0.15) is 0 Å². The fourth-order valence-electron chi connectivity index (χ4n) is 2.27. The molecule has 1 unspecified atom stereocenters. The van der Waals surface area contributed by atoms with Gasteiger partial charge in [0, 0.05) is 16.6 Å². The molecule has 90 valence electrons. The third-order valence-electron chi connectivity index (χ3n) is 3.10. The third kappa shape index (κ3) is 1.69. The molecule has 0 spiro atoms. The van der Waals surface area contributed by atoms with Crippen molar-refractivity contribution in [3.63, 3.8) is 0 Å². The molecule has 2 aromatic carbocycles. The average molecular weight is 369 g/mol. The molecule has 5 heteroatoms. The van der Waals surface area contributed by atoms with Crippen LogP contribution in [0.15, 0.2) is 40.9 Å². The molecule has 3 nitrogen and oxygen atoms in total. The maximum atomic E-state index is 10.8. The molecule has 1 aliphatic rings. The van der Waals surface area contributed by atoms with Gasteiger partial charge in [0.25, 0.3) is 5.69 Å². The SMILES string of the molecule is O=[N+]([O-])c1ccc2c(c1)C(Br)c1cc(Br)ccc1-2. The van der Waals surface area contributed by atoms with Crippen LogP contribution in [0.4, 0.5) is 5.69 Å².